The normalized spacial score (nSPS) is 20.1. The Bertz CT molecular complexity index is 796. The second-order valence-corrected chi connectivity index (χ2v) is 5.87. The molecule has 3 rings (SSSR count). The van der Waals surface area contributed by atoms with Crippen molar-refractivity contribution >= 4 is 11.8 Å². The van der Waals surface area contributed by atoms with E-state index in [1.54, 1.807) is 25.6 Å². The van der Waals surface area contributed by atoms with Gasteiger partial charge in [-0.3, -0.25) is 4.68 Å². The molecule has 25 heavy (non-hydrogen) atoms. The molecule has 0 saturated heterocycles. The van der Waals surface area contributed by atoms with Gasteiger partial charge in [0.15, 0.2) is 6.04 Å². The predicted octanol–water partition coefficient (Wildman–Crippen LogP) is 2.76. The molecule has 1 aliphatic rings. The highest BCUT2D eigenvalue weighted by Gasteiger charge is 2.47. The summed E-state index contributed by atoms with van der Waals surface area (Å²) in [4.78, 5) is 12.0. The van der Waals surface area contributed by atoms with Crippen LogP contribution in [0.25, 0.3) is 0 Å². The fourth-order valence-corrected chi connectivity index (χ4v) is 2.98. The molecule has 0 amide bonds. The predicted molar refractivity (Wildman–Crippen MR) is 82.2 cm³/mol. The van der Waals surface area contributed by atoms with E-state index in [1.807, 2.05) is 0 Å². The molecule has 2 aromatic heterocycles. The van der Waals surface area contributed by atoms with E-state index in [2.05, 4.69) is 15.5 Å². The summed E-state index contributed by atoms with van der Waals surface area (Å²) in [5.41, 5.74) is 1.39. The van der Waals surface area contributed by atoms with Crippen molar-refractivity contribution in [2.45, 2.75) is 38.5 Å². The van der Waals surface area contributed by atoms with E-state index in [9.17, 15) is 18.0 Å². The maximum absolute atomic E-state index is 13.5. The maximum atomic E-state index is 13.5. The van der Waals surface area contributed by atoms with Crippen molar-refractivity contribution in [1.29, 1.82) is 0 Å². The Hall–Kier alpha value is -2.52. The minimum atomic E-state index is -4.50. The van der Waals surface area contributed by atoms with Gasteiger partial charge in [0.25, 0.3) is 0 Å². The van der Waals surface area contributed by atoms with Gasteiger partial charge in [-0.2, -0.15) is 23.4 Å². The van der Waals surface area contributed by atoms with E-state index < -0.39 is 24.2 Å². The Balaban J connectivity index is 2.05. The molecule has 136 valence electrons. The van der Waals surface area contributed by atoms with Crippen molar-refractivity contribution in [1.82, 2.24) is 19.6 Å². The zero-order valence-electron chi connectivity index (χ0n) is 14.0. The molecular weight excluding hydrogens is 339 g/mol. The van der Waals surface area contributed by atoms with Gasteiger partial charge in [-0.1, -0.05) is 0 Å². The molecule has 10 heteroatoms. The molecule has 0 saturated carbocycles. The molecule has 0 spiro atoms. The number of aryl methyl sites for hydroxylation is 1. The summed E-state index contributed by atoms with van der Waals surface area (Å²) in [5, 5.41) is 10.9. The number of carbonyl (C=O) groups excluding carboxylic acids is 1. The standard InChI is InChI=1S/C15H18F3N5O2/c1-4-25-14(24)10-7-20-23-12(15(16,17)18)5-11(21-13(10)23)9-6-19-22(3)8(9)2/h6-7,11-12,21H,4-5H2,1-3H3. The average Bonchev–Trinajstić information content (AvgIpc) is 3.10. The Morgan fingerprint density at radius 1 is 1.40 bits per heavy atom. The van der Waals surface area contributed by atoms with Crippen molar-refractivity contribution in [3.05, 3.63) is 29.2 Å². The van der Waals surface area contributed by atoms with Crippen LogP contribution < -0.4 is 5.32 Å². The number of alkyl halides is 3. The first kappa shape index (κ1) is 17.3. The highest BCUT2D eigenvalue weighted by molar-refractivity contribution is 5.94. The minimum Gasteiger partial charge on any atom is -0.462 e. The second-order valence-electron chi connectivity index (χ2n) is 5.87. The Kier molecular flexibility index (Phi) is 4.21. The number of rotatable bonds is 3. The number of hydrogen-bond acceptors (Lipinski definition) is 5. The van der Waals surface area contributed by atoms with Crippen LogP contribution in [0, 0.1) is 6.92 Å². The fraction of sp³-hybridized carbons (Fsp3) is 0.533. The van der Waals surface area contributed by atoms with E-state index >= 15 is 0 Å². The third-order valence-electron chi connectivity index (χ3n) is 4.38. The third kappa shape index (κ3) is 2.96. The molecule has 3 heterocycles. The number of nitrogens with zero attached hydrogens (tertiary/aromatic N) is 4. The highest BCUT2D eigenvalue weighted by Crippen LogP contribution is 2.44. The van der Waals surface area contributed by atoms with Crippen LogP contribution in [-0.2, 0) is 11.8 Å². The van der Waals surface area contributed by atoms with E-state index in [0.717, 1.165) is 16.6 Å². The van der Waals surface area contributed by atoms with Crippen LogP contribution in [0.1, 0.15) is 47.0 Å². The van der Waals surface area contributed by atoms with E-state index in [4.69, 9.17) is 4.74 Å². The first-order chi connectivity index (χ1) is 11.7. The second kappa shape index (κ2) is 6.08. The number of carbonyl (C=O) groups is 1. The number of esters is 1. The third-order valence-corrected chi connectivity index (χ3v) is 4.38. The SMILES string of the molecule is CCOC(=O)c1cnn2c1NC(c1cnn(C)c1C)CC2C(F)(F)F. The molecule has 2 unspecified atom stereocenters. The van der Waals surface area contributed by atoms with Gasteiger partial charge in [0.2, 0.25) is 0 Å². The molecule has 0 fully saturated rings. The van der Waals surface area contributed by atoms with Crippen LogP contribution in [-0.4, -0.2) is 38.3 Å². The molecule has 0 aromatic carbocycles. The zero-order chi connectivity index (χ0) is 18.4. The summed E-state index contributed by atoms with van der Waals surface area (Å²) in [6.45, 7) is 3.53. The molecule has 1 N–H and O–H groups in total. The summed E-state index contributed by atoms with van der Waals surface area (Å²) in [7, 11) is 1.72. The summed E-state index contributed by atoms with van der Waals surface area (Å²) in [5.74, 6) is -0.694. The van der Waals surface area contributed by atoms with Crippen LogP contribution in [0.3, 0.4) is 0 Å². The lowest BCUT2D eigenvalue weighted by molar-refractivity contribution is -0.173. The molecule has 0 bridgehead atoms. The summed E-state index contributed by atoms with van der Waals surface area (Å²) >= 11 is 0. The van der Waals surface area contributed by atoms with Crippen LogP contribution >= 0.6 is 0 Å². The molecule has 1 aliphatic heterocycles. The fourth-order valence-electron chi connectivity index (χ4n) is 2.98. The summed E-state index contributed by atoms with van der Waals surface area (Å²) in [6.07, 6.45) is -2.09. The van der Waals surface area contributed by atoms with Gasteiger partial charge in [-0.25, -0.2) is 9.48 Å². The lowest BCUT2D eigenvalue weighted by Crippen LogP contribution is -2.36. The van der Waals surface area contributed by atoms with Gasteiger partial charge < -0.3 is 10.1 Å². The number of nitrogens with one attached hydrogen (secondary N) is 1. The molecule has 2 atom stereocenters. The average molecular weight is 357 g/mol. The monoisotopic (exact) mass is 357 g/mol. The van der Waals surface area contributed by atoms with Crippen LogP contribution in [0.4, 0.5) is 19.0 Å². The Morgan fingerprint density at radius 3 is 2.68 bits per heavy atom. The Labute approximate surface area is 141 Å². The van der Waals surface area contributed by atoms with Crippen molar-refractivity contribution in [3.8, 4) is 0 Å². The number of ether oxygens (including phenoxy) is 1. The van der Waals surface area contributed by atoms with Crippen LogP contribution in [0.15, 0.2) is 12.4 Å². The van der Waals surface area contributed by atoms with Gasteiger partial charge in [0.05, 0.1) is 25.0 Å². The van der Waals surface area contributed by atoms with Crippen LogP contribution in [0.2, 0.25) is 0 Å². The van der Waals surface area contributed by atoms with E-state index in [1.165, 1.54) is 6.20 Å². The number of aromatic nitrogens is 4. The minimum absolute atomic E-state index is 0.0117. The van der Waals surface area contributed by atoms with Crippen molar-refractivity contribution < 1.29 is 22.7 Å². The van der Waals surface area contributed by atoms with Gasteiger partial charge in [0.1, 0.15) is 11.4 Å². The molecule has 2 aromatic rings. The maximum Gasteiger partial charge on any atom is 0.410 e. The summed E-state index contributed by atoms with van der Waals surface area (Å²) < 4.78 is 48.0. The highest BCUT2D eigenvalue weighted by atomic mass is 19.4. The van der Waals surface area contributed by atoms with Gasteiger partial charge >= 0.3 is 12.1 Å². The smallest absolute Gasteiger partial charge is 0.410 e. The lowest BCUT2D eigenvalue weighted by atomic mass is 9.97. The number of fused-ring (bicyclic) bond motifs is 1. The Morgan fingerprint density at radius 2 is 2.12 bits per heavy atom. The summed E-state index contributed by atoms with van der Waals surface area (Å²) in [6, 6.07) is -2.48. The van der Waals surface area contributed by atoms with Gasteiger partial charge in [-0.05, 0) is 13.8 Å². The van der Waals surface area contributed by atoms with E-state index in [0.29, 0.717) is 5.56 Å². The van der Waals surface area contributed by atoms with E-state index in [-0.39, 0.29) is 24.4 Å². The van der Waals surface area contributed by atoms with Gasteiger partial charge in [0, 0.05) is 24.7 Å². The molecular formula is C15H18F3N5O2. The van der Waals surface area contributed by atoms with Crippen molar-refractivity contribution in [2.24, 2.45) is 7.05 Å². The van der Waals surface area contributed by atoms with Crippen LogP contribution in [0.5, 0.6) is 0 Å². The number of anilines is 1. The number of hydrogen-bond donors (Lipinski definition) is 1. The van der Waals surface area contributed by atoms with Crippen molar-refractivity contribution in [3.63, 3.8) is 0 Å². The molecule has 0 aliphatic carbocycles. The topological polar surface area (TPSA) is 74.0 Å². The first-order valence-corrected chi connectivity index (χ1v) is 7.80. The largest absolute Gasteiger partial charge is 0.462 e. The first-order valence-electron chi connectivity index (χ1n) is 7.80. The quantitative estimate of drug-likeness (QED) is 0.855. The van der Waals surface area contributed by atoms with Crippen molar-refractivity contribution in [2.75, 3.05) is 11.9 Å². The zero-order valence-corrected chi connectivity index (χ0v) is 14.0. The molecule has 7 nitrogen and oxygen atoms in total. The molecule has 0 radical (unpaired) electrons. The van der Waals surface area contributed by atoms with Gasteiger partial charge in [-0.15, -0.1) is 0 Å². The number of halogens is 3. The lowest BCUT2D eigenvalue weighted by Gasteiger charge is -2.33.